The van der Waals surface area contributed by atoms with E-state index in [9.17, 15) is 9.18 Å². The molecule has 0 aromatic carbocycles. The van der Waals surface area contributed by atoms with Gasteiger partial charge in [-0.1, -0.05) is 30.7 Å². The second-order valence-corrected chi connectivity index (χ2v) is 9.67. The number of alkyl halides is 1. The van der Waals surface area contributed by atoms with Crippen molar-refractivity contribution in [2.75, 3.05) is 13.1 Å². The summed E-state index contributed by atoms with van der Waals surface area (Å²) >= 11 is 6.40. The highest BCUT2D eigenvalue weighted by Gasteiger charge is 2.55. The van der Waals surface area contributed by atoms with Gasteiger partial charge in [-0.3, -0.25) is 20.8 Å². The first-order valence-corrected chi connectivity index (χ1v) is 11.6. The minimum atomic E-state index is -1.26. The van der Waals surface area contributed by atoms with E-state index in [1.54, 1.807) is 17.2 Å². The highest BCUT2D eigenvalue weighted by molar-refractivity contribution is 6.32. The zero-order chi connectivity index (χ0) is 24.7. The molecular weight excluding hydrogens is 459 g/mol. The summed E-state index contributed by atoms with van der Waals surface area (Å²) in [4.78, 5) is 23.4. The predicted octanol–water partition coefficient (Wildman–Crippen LogP) is 4.74. The fourth-order valence-corrected chi connectivity index (χ4v) is 4.45. The molecule has 0 radical (unpaired) electrons. The maximum absolute atomic E-state index is 14.6. The molecule has 1 saturated carbocycles. The Kier molecular flexibility index (Phi) is 6.33. The van der Waals surface area contributed by atoms with Crippen molar-refractivity contribution in [1.82, 2.24) is 15.2 Å². The van der Waals surface area contributed by atoms with Gasteiger partial charge in [0, 0.05) is 44.4 Å². The van der Waals surface area contributed by atoms with E-state index < -0.39 is 11.3 Å². The Labute approximate surface area is 203 Å². The fraction of sp³-hybridized carbons (Fsp3) is 0.458. The number of ether oxygens (including phenoxy) is 1. The van der Waals surface area contributed by atoms with E-state index in [0.717, 1.165) is 5.57 Å². The lowest BCUT2D eigenvalue weighted by atomic mass is 9.99. The number of aromatic nitrogens is 1. The van der Waals surface area contributed by atoms with E-state index in [1.165, 1.54) is 13.1 Å². The van der Waals surface area contributed by atoms with Gasteiger partial charge in [-0.05, 0) is 37.3 Å². The van der Waals surface area contributed by atoms with Crippen molar-refractivity contribution in [3.63, 3.8) is 0 Å². The second kappa shape index (κ2) is 8.94. The summed E-state index contributed by atoms with van der Waals surface area (Å²) in [7, 11) is 0. The molecule has 1 aromatic rings. The van der Waals surface area contributed by atoms with Gasteiger partial charge in [-0.2, -0.15) is 0 Å². The Hall–Kier alpha value is -3.07. The second-order valence-electron chi connectivity index (χ2n) is 9.26. The number of hydrogen-bond donors (Lipinski definition) is 3. The maximum Gasteiger partial charge on any atom is 0.319 e. The van der Waals surface area contributed by atoms with E-state index in [4.69, 9.17) is 27.2 Å². The lowest BCUT2D eigenvalue weighted by Gasteiger charge is -2.33. The predicted molar refractivity (Wildman–Crippen MR) is 130 cm³/mol. The molecule has 3 atom stereocenters. The van der Waals surface area contributed by atoms with Gasteiger partial charge < -0.3 is 15.0 Å². The van der Waals surface area contributed by atoms with Crippen LogP contribution in [0.2, 0.25) is 5.02 Å². The van der Waals surface area contributed by atoms with Crippen molar-refractivity contribution in [3.8, 4) is 0 Å². The molecule has 10 heteroatoms. The number of rotatable bonds is 4. The van der Waals surface area contributed by atoms with Crippen LogP contribution in [0.1, 0.15) is 51.3 Å². The standard InChI is InChI=1S/C24H28ClFN6O2/c1-14-11-24(14,26)18-4-7-23(3,30-13-18)31-22(33)32-8-5-16(6-9-32)20-19(25)10-17(12-29-20)21(28)34-15(2)27/h4-5,10,12-14,27-28H,6-9,11H2,1-3H3,(H,31,33). The molecule has 2 amide bonds. The topological polar surface area (TPSA) is 115 Å². The van der Waals surface area contributed by atoms with Gasteiger partial charge in [0.1, 0.15) is 11.3 Å². The number of urea groups is 1. The number of dihydropyridines is 1. The van der Waals surface area contributed by atoms with Crippen LogP contribution >= 0.6 is 11.6 Å². The number of amides is 2. The minimum Gasteiger partial charge on any atom is -0.425 e. The molecule has 8 nitrogen and oxygen atoms in total. The van der Waals surface area contributed by atoms with E-state index in [2.05, 4.69) is 15.3 Å². The van der Waals surface area contributed by atoms with E-state index in [-0.39, 0.29) is 23.7 Å². The molecule has 0 saturated heterocycles. The van der Waals surface area contributed by atoms with Crippen LogP contribution in [-0.4, -0.2) is 58.3 Å². The highest BCUT2D eigenvalue weighted by atomic mass is 35.5. The summed E-state index contributed by atoms with van der Waals surface area (Å²) in [6, 6.07) is 1.35. The van der Waals surface area contributed by atoms with Crippen LogP contribution in [0.15, 0.2) is 35.0 Å². The van der Waals surface area contributed by atoms with Crippen LogP contribution in [0.4, 0.5) is 9.18 Å². The number of nitrogens with one attached hydrogen (secondary N) is 3. The number of pyridine rings is 1. The van der Waals surface area contributed by atoms with Crippen molar-refractivity contribution >= 4 is 41.2 Å². The minimum absolute atomic E-state index is 0.0177. The molecule has 180 valence electrons. The molecule has 3 unspecified atom stereocenters. The van der Waals surface area contributed by atoms with Gasteiger partial charge in [-0.25, -0.2) is 9.18 Å². The summed E-state index contributed by atoms with van der Waals surface area (Å²) in [6.45, 7) is 6.02. The van der Waals surface area contributed by atoms with Gasteiger partial charge in [0.25, 0.3) is 0 Å². The number of carbonyl (C=O) groups is 1. The molecule has 2 aliphatic heterocycles. The SMILES string of the molecule is CC(=N)OC(=N)c1cnc(C2=CCN(C(=O)NC3(C)CC=C(C4(F)CC4C)C=N3)CC2)c(Cl)c1. The van der Waals surface area contributed by atoms with Crippen LogP contribution in [0.3, 0.4) is 0 Å². The summed E-state index contributed by atoms with van der Waals surface area (Å²) in [5.41, 5.74) is 0.441. The molecule has 1 aromatic heterocycles. The highest BCUT2D eigenvalue weighted by Crippen LogP contribution is 2.52. The molecule has 4 rings (SSSR count). The zero-order valence-electron chi connectivity index (χ0n) is 19.4. The first kappa shape index (κ1) is 24.1. The Bertz CT molecular complexity index is 1150. The lowest BCUT2D eigenvalue weighted by molar-refractivity contribution is 0.190. The number of aliphatic imine (C=N–C) groups is 1. The largest absolute Gasteiger partial charge is 0.425 e. The number of halogens is 2. The third-order valence-corrected chi connectivity index (χ3v) is 6.74. The Morgan fingerprint density at radius 3 is 2.65 bits per heavy atom. The smallest absolute Gasteiger partial charge is 0.319 e. The Morgan fingerprint density at radius 2 is 2.12 bits per heavy atom. The summed E-state index contributed by atoms with van der Waals surface area (Å²) in [6.07, 6.45) is 8.34. The van der Waals surface area contributed by atoms with Crippen molar-refractivity contribution in [3.05, 3.63) is 46.3 Å². The maximum atomic E-state index is 14.6. The normalized spacial score (nSPS) is 28.0. The number of nitrogens with zero attached hydrogens (tertiary/aromatic N) is 3. The summed E-state index contributed by atoms with van der Waals surface area (Å²) in [5.74, 6) is -0.265. The molecule has 0 bridgehead atoms. The fourth-order valence-electron chi connectivity index (χ4n) is 4.16. The lowest BCUT2D eigenvalue weighted by Crippen LogP contribution is -2.52. The molecule has 3 N–H and O–H groups in total. The Morgan fingerprint density at radius 1 is 1.38 bits per heavy atom. The first-order chi connectivity index (χ1) is 16.0. The third-order valence-electron chi connectivity index (χ3n) is 6.45. The van der Waals surface area contributed by atoms with Crippen molar-refractivity contribution in [2.24, 2.45) is 10.9 Å². The van der Waals surface area contributed by atoms with Gasteiger partial charge >= 0.3 is 6.03 Å². The summed E-state index contributed by atoms with van der Waals surface area (Å²) in [5, 5.41) is 18.5. The van der Waals surface area contributed by atoms with Crippen molar-refractivity contribution in [2.45, 2.75) is 51.4 Å². The molecule has 3 aliphatic rings. The molecule has 1 aliphatic carbocycles. The molecule has 3 heterocycles. The number of hydrogen-bond acceptors (Lipinski definition) is 6. The Balaban J connectivity index is 1.36. The number of carbonyl (C=O) groups excluding carboxylic acids is 1. The van der Waals surface area contributed by atoms with Crippen molar-refractivity contribution in [1.29, 1.82) is 10.8 Å². The van der Waals surface area contributed by atoms with Crippen molar-refractivity contribution < 1.29 is 13.9 Å². The molecule has 34 heavy (non-hydrogen) atoms. The molecule has 1 fully saturated rings. The monoisotopic (exact) mass is 486 g/mol. The van der Waals surface area contributed by atoms with Crippen LogP contribution < -0.4 is 5.32 Å². The van der Waals surface area contributed by atoms with Gasteiger partial charge in [0.15, 0.2) is 5.90 Å². The zero-order valence-corrected chi connectivity index (χ0v) is 20.2. The van der Waals surface area contributed by atoms with Gasteiger partial charge in [0.05, 0.1) is 16.3 Å². The first-order valence-electron chi connectivity index (χ1n) is 11.2. The quantitative estimate of drug-likeness (QED) is 0.421. The van der Waals surface area contributed by atoms with Crippen LogP contribution in [0.25, 0.3) is 5.57 Å². The summed E-state index contributed by atoms with van der Waals surface area (Å²) < 4.78 is 19.6. The van der Waals surface area contributed by atoms with E-state index >= 15 is 0 Å². The van der Waals surface area contributed by atoms with Crippen LogP contribution in [0.5, 0.6) is 0 Å². The molecular formula is C24H28ClFN6O2. The van der Waals surface area contributed by atoms with Crippen LogP contribution in [-0.2, 0) is 4.74 Å². The van der Waals surface area contributed by atoms with E-state index in [1.807, 2.05) is 26.0 Å². The number of allylic oxidation sites excluding steroid dienone is 1. The third kappa shape index (κ3) is 4.89. The van der Waals surface area contributed by atoms with Gasteiger partial charge in [-0.15, -0.1) is 0 Å². The average molecular weight is 487 g/mol. The van der Waals surface area contributed by atoms with E-state index in [0.29, 0.717) is 54.2 Å². The molecule has 0 spiro atoms. The van der Waals surface area contributed by atoms with Gasteiger partial charge in [0.2, 0.25) is 5.90 Å². The average Bonchev–Trinajstić information content (AvgIpc) is 3.40. The van der Waals surface area contributed by atoms with Crippen LogP contribution in [0, 0.1) is 16.7 Å².